The maximum absolute atomic E-state index is 12.0. The van der Waals surface area contributed by atoms with Gasteiger partial charge in [0.2, 0.25) is 0 Å². The molecule has 1 N–H and O–H groups in total. The van der Waals surface area contributed by atoms with Gasteiger partial charge in [0.1, 0.15) is 5.60 Å². The summed E-state index contributed by atoms with van der Waals surface area (Å²) in [4.78, 5) is 17.3. The Morgan fingerprint density at radius 1 is 1.26 bits per heavy atom. The molecule has 132 valence electrons. The topological polar surface area (TPSA) is 44.8 Å². The van der Waals surface area contributed by atoms with Crippen LogP contribution in [0.5, 0.6) is 0 Å². The minimum Gasteiger partial charge on any atom is -0.444 e. The van der Waals surface area contributed by atoms with E-state index >= 15 is 0 Å². The second-order valence-electron chi connectivity index (χ2n) is 8.47. The van der Waals surface area contributed by atoms with Crippen LogP contribution in [-0.4, -0.2) is 66.3 Å². The number of hydrogen-bond acceptors (Lipinski definition) is 4. The fourth-order valence-corrected chi connectivity index (χ4v) is 4.90. The highest BCUT2D eigenvalue weighted by Gasteiger charge is 2.51. The van der Waals surface area contributed by atoms with E-state index in [4.69, 9.17) is 4.74 Å². The number of carbonyl (C=O) groups is 1. The molecule has 0 aromatic rings. The van der Waals surface area contributed by atoms with Crippen molar-refractivity contribution in [1.29, 1.82) is 0 Å². The van der Waals surface area contributed by atoms with Crippen LogP contribution in [0.2, 0.25) is 0 Å². The Morgan fingerprint density at radius 3 is 2.57 bits per heavy atom. The van der Waals surface area contributed by atoms with E-state index in [1.807, 2.05) is 20.8 Å². The van der Waals surface area contributed by atoms with Gasteiger partial charge in [-0.25, -0.2) is 4.79 Å². The van der Waals surface area contributed by atoms with Crippen LogP contribution in [0.3, 0.4) is 0 Å². The zero-order valence-corrected chi connectivity index (χ0v) is 15.2. The van der Waals surface area contributed by atoms with Gasteiger partial charge >= 0.3 is 6.09 Å². The zero-order chi connectivity index (χ0) is 16.6. The van der Waals surface area contributed by atoms with Crippen molar-refractivity contribution in [3.05, 3.63) is 0 Å². The van der Waals surface area contributed by atoms with Crippen molar-refractivity contribution < 1.29 is 9.53 Å². The summed E-state index contributed by atoms with van der Waals surface area (Å²) in [5, 5.41) is 3.03. The molecule has 1 amide bonds. The SMILES string of the molecule is CCCN1CC2C3CCN(CC3)C2C1CNC(=O)OC(C)(C)C. The Balaban J connectivity index is 1.64. The number of nitrogens with zero attached hydrogens (tertiary/aromatic N) is 2. The fraction of sp³-hybridized carbons (Fsp3) is 0.944. The molecule has 4 heterocycles. The van der Waals surface area contributed by atoms with Gasteiger partial charge in [-0.2, -0.15) is 0 Å². The van der Waals surface area contributed by atoms with Gasteiger partial charge in [-0.15, -0.1) is 0 Å². The van der Waals surface area contributed by atoms with Crippen LogP contribution in [-0.2, 0) is 4.74 Å². The lowest BCUT2D eigenvalue weighted by Crippen LogP contribution is -2.59. The molecule has 4 saturated heterocycles. The predicted octanol–water partition coefficient (Wildman–Crippen LogP) is 2.32. The first-order valence-electron chi connectivity index (χ1n) is 9.34. The molecule has 0 aromatic carbocycles. The van der Waals surface area contributed by atoms with E-state index in [2.05, 4.69) is 22.0 Å². The Kier molecular flexibility index (Phi) is 4.88. The van der Waals surface area contributed by atoms with E-state index in [9.17, 15) is 4.79 Å². The summed E-state index contributed by atoms with van der Waals surface area (Å²) >= 11 is 0. The molecule has 23 heavy (non-hydrogen) atoms. The van der Waals surface area contributed by atoms with Crippen molar-refractivity contribution in [3.63, 3.8) is 0 Å². The van der Waals surface area contributed by atoms with Crippen LogP contribution in [0.1, 0.15) is 47.0 Å². The van der Waals surface area contributed by atoms with Crippen LogP contribution in [0.25, 0.3) is 0 Å². The van der Waals surface area contributed by atoms with Crippen molar-refractivity contribution in [3.8, 4) is 0 Å². The molecule has 0 aromatic heterocycles. The third-order valence-corrected chi connectivity index (χ3v) is 5.71. The number of nitrogens with one attached hydrogen (secondary N) is 1. The number of rotatable bonds is 4. The average molecular weight is 323 g/mol. The smallest absolute Gasteiger partial charge is 0.407 e. The van der Waals surface area contributed by atoms with Crippen LogP contribution in [0.4, 0.5) is 4.79 Å². The lowest BCUT2D eigenvalue weighted by Gasteiger charge is -2.49. The highest BCUT2D eigenvalue weighted by Crippen LogP contribution is 2.43. The summed E-state index contributed by atoms with van der Waals surface area (Å²) in [6.07, 6.45) is 3.63. The summed E-state index contributed by atoms with van der Waals surface area (Å²) in [6, 6.07) is 1.07. The fourth-order valence-electron chi connectivity index (χ4n) is 4.90. The molecule has 0 spiro atoms. The summed E-state index contributed by atoms with van der Waals surface area (Å²) in [5.41, 5.74) is -0.432. The highest BCUT2D eigenvalue weighted by molar-refractivity contribution is 5.67. The molecule has 5 nitrogen and oxygen atoms in total. The average Bonchev–Trinajstić information content (AvgIpc) is 2.85. The first-order valence-corrected chi connectivity index (χ1v) is 9.34. The number of alkyl carbamates (subject to hydrolysis) is 1. The predicted molar refractivity (Wildman–Crippen MR) is 91.5 cm³/mol. The van der Waals surface area contributed by atoms with Gasteiger partial charge < -0.3 is 10.1 Å². The number of amides is 1. The second kappa shape index (κ2) is 6.60. The molecule has 3 unspecified atom stereocenters. The number of fused-ring (bicyclic) bond motifs is 2. The molecule has 0 saturated carbocycles. The number of ether oxygens (including phenoxy) is 1. The Labute approximate surface area is 140 Å². The van der Waals surface area contributed by atoms with Crippen LogP contribution < -0.4 is 5.32 Å². The monoisotopic (exact) mass is 323 g/mol. The van der Waals surface area contributed by atoms with E-state index in [0.29, 0.717) is 18.6 Å². The van der Waals surface area contributed by atoms with Gasteiger partial charge in [-0.05, 0) is 71.5 Å². The molecule has 4 aliphatic heterocycles. The quantitative estimate of drug-likeness (QED) is 0.862. The molecule has 0 aliphatic carbocycles. The first kappa shape index (κ1) is 17.0. The molecule has 4 aliphatic rings. The number of hydrogen-bond donors (Lipinski definition) is 1. The van der Waals surface area contributed by atoms with Crippen LogP contribution in [0.15, 0.2) is 0 Å². The van der Waals surface area contributed by atoms with E-state index in [0.717, 1.165) is 18.4 Å². The van der Waals surface area contributed by atoms with Crippen molar-refractivity contribution in [2.75, 3.05) is 32.7 Å². The van der Waals surface area contributed by atoms with Gasteiger partial charge in [0.15, 0.2) is 0 Å². The van der Waals surface area contributed by atoms with Crippen LogP contribution in [0, 0.1) is 11.8 Å². The Morgan fingerprint density at radius 2 is 1.96 bits per heavy atom. The summed E-state index contributed by atoms with van der Waals surface area (Å²) in [6.45, 7) is 13.5. The van der Waals surface area contributed by atoms with Gasteiger partial charge in [-0.3, -0.25) is 9.80 Å². The minimum atomic E-state index is -0.432. The molecule has 4 fully saturated rings. The summed E-state index contributed by atoms with van der Waals surface area (Å²) < 4.78 is 5.41. The summed E-state index contributed by atoms with van der Waals surface area (Å²) in [7, 11) is 0. The molecule has 2 bridgehead atoms. The minimum absolute atomic E-state index is 0.284. The van der Waals surface area contributed by atoms with Gasteiger partial charge in [-0.1, -0.05) is 6.92 Å². The van der Waals surface area contributed by atoms with Crippen LogP contribution >= 0.6 is 0 Å². The lowest BCUT2D eigenvalue weighted by atomic mass is 9.74. The maximum atomic E-state index is 12.0. The van der Waals surface area contributed by atoms with Gasteiger partial charge in [0.05, 0.1) is 0 Å². The standard InChI is InChI=1S/C18H33N3O2/c1-5-8-21-12-14-13-6-9-20(10-7-13)16(14)15(21)11-19-17(22)23-18(2,3)4/h13-16H,5-12H2,1-4H3,(H,19,22). The third kappa shape index (κ3) is 3.66. The largest absolute Gasteiger partial charge is 0.444 e. The highest BCUT2D eigenvalue weighted by atomic mass is 16.6. The number of carbonyl (C=O) groups excluding carboxylic acids is 1. The van der Waals surface area contributed by atoms with E-state index < -0.39 is 5.60 Å². The molecule has 3 atom stereocenters. The molecular weight excluding hydrogens is 290 g/mol. The normalized spacial score (nSPS) is 36.8. The number of likely N-dealkylation sites (tertiary alicyclic amines) is 1. The van der Waals surface area contributed by atoms with E-state index in [-0.39, 0.29) is 6.09 Å². The van der Waals surface area contributed by atoms with E-state index in [1.165, 1.54) is 38.9 Å². The Hall–Kier alpha value is -0.810. The molecule has 0 radical (unpaired) electrons. The summed E-state index contributed by atoms with van der Waals surface area (Å²) in [5.74, 6) is 1.70. The zero-order valence-electron chi connectivity index (χ0n) is 15.2. The lowest BCUT2D eigenvalue weighted by molar-refractivity contribution is 0.00269. The molecular formula is C18H33N3O2. The molecule has 5 heteroatoms. The third-order valence-electron chi connectivity index (χ3n) is 5.71. The van der Waals surface area contributed by atoms with Gasteiger partial charge in [0.25, 0.3) is 0 Å². The Bertz CT molecular complexity index is 426. The van der Waals surface area contributed by atoms with E-state index in [1.54, 1.807) is 0 Å². The first-order chi connectivity index (χ1) is 10.9. The molecule has 4 rings (SSSR count). The van der Waals surface area contributed by atoms with Crippen molar-refractivity contribution >= 4 is 6.09 Å². The second-order valence-corrected chi connectivity index (χ2v) is 8.47. The van der Waals surface area contributed by atoms with Gasteiger partial charge in [0, 0.05) is 25.2 Å². The van der Waals surface area contributed by atoms with Crippen molar-refractivity contribution in [2.45, 2.75) is 64.6 Å². The van der Waals surface area contributed by atoms with Crippen molar-refractivity contribution in [2.24, 2.45) is 11.8 Å². The van der Waals surface area contributed by atoms with Crippen molar-refractivity contribution in [1.82, 2.24) is 15.1 Å². The number of piperidine rings is 3. The maximum Gasteiger partial charge on any atom is 0.407 e.